The molecule has 0 amide bonds. The van der Waals surface area contributed by atoms with Gasteiger partial charge in [-0.3, -0.25) is 0 Å². The summed E-state index contributed by atoms with van der Waals surface area (Å²) in [5, 5.41) is 0. The molecule has 0 bridgehead atoms. The highest BCUT2D eigenvalue weighted by Gasteiger charge is 2.24. The maximum Gasteiger partial charge on any atom is 0.00926 e. The molecule has 1 heteroatoms. The van der Waals surface area contributed by atoms with Gasteiger partial charge in [0.25, 0.3) is 0 Å². The minimum Gasteiger partial charge on any atom is -0.303 e. The highest BCUT2D eigenvalue weighted by molar-refractivity contribution is 4.79. The van der Waals surface area contributed by atoms with Crippen LogP contribution in [0.3, 0.4) is 0 Å². The third kappa shape index (κ3) is 4.00. The molecule has 1 saturated carbocycles. The van der Waals surface area contributed by atoms with Crippen molar-refractivity contribution in [2.45, 2.75) is 59.4 Å². The van der Waals surface area contributed by atoms with E-state index >= 15 is 0 Å². The zero-order valence-electron chi connectivity index (χ0n) is 10.6. The number of rotatable bonds is 2. The van der Waals surface area contributed by atoms with Crippen LogP contribution in [0.25, 0.3) is 0 Å². The van der Waals surface area contributed by atoms with E-state index in [2.05, 4.69) is 39.6 Å². The van der Waals surface area contributed by atoms with Crippen molar-refractivity contribution < 1.29 is 0 Å². The molecule has 1 rings (SSSR count). The Balaban J connectivity index is 2.34. The Morgan fingerprint density at radius 2 is 1.57 bits per heavy atom. The van der Waals surface area contributed by atoms with Crippen LogP contribution < -0.4 is 0 Å². The Hall–Kier alpha value is -0.0400. The van der Waals surface area contributed by atoms with Crippen molar-refractivity contribution in [1.82, 2.24) is 4.90 Å². The van der Waals surface area contributed by atoms with Crippen LogP contribution in [0.15, 0.2) is 0 Å². The first-order valence-corrected chi connectivity index (χ1v) is 6.09. The minimum absolute atomic E-state index is 0.442. The molecule has 0 saturated heterocycles. The quantitative estimate of drug-likeness (QED) is 0.654. The summed E-state index contributed by atoms with van der Waals surface area (Å²) >= 11 is 0. The van der Waals surface area contributed by atoms with E-state index in [1.54, 1.807) is 0 Å². The Labute approximate surface area is 89.9 Å². The maximum atomic E-state index is 2.58. The van der Waals surface area contributed by atoms with Gasteiger partial charge in [0.05, 0.1) is 0 Å². The molecule has 0 radical (unpaired) electrons. The summed E-state index contributed by atoms with van der Waals surface area (Å²) < 4.78 is 0. The average molecular weight is 197 g/mol. The number of hydrogen-bond acceptors (Lipinski definition) is 1. The molecule has 1 fully saturated rings. The molecule has 1 nitrogen and oxygen atoms in total. The van der Waals surface area contributed by atoms with Crippen LogP contribution in [0.1, 0.15) is 53.4 Å². The van der Waals surface area contributed by atoms with E-state index in [4.69, 9.17) is 0 Å². The van der Waals surface area contributed by atoms with E-state index in [9.17, 15) is 0 Å². The zero-order valence-corrected chi connectivity index (χ0v) is 10.6. The lowest BCUT2D eigenvalue weighted by Crippen LogP contribution is -2.39. The number of nitrogens with zero attached hydrogens (tertiary/aromatic N) is 1. The lowest BCUT2D eigenvalue weighted by Gasteiger charge is -2.37. The fourth-order valence-electron chi connectivity index (χ4n) is 2.56. The highest BCUT2D eigenvalue weighted by Crippen LogP contribution is 2.28. The second-order valence-corrected chi connectivity index (χ2v) is 6.39. The predicted octanol–water partition coefficient (Wildman–Crippen LogP) is 3.54. The van der Waals surface area contributed by atoms with E-state index in [1.165, 1.54) is 32.2 Å². The standard InChI is InChI=1S/C13H27N/c1-11-6-8-12(9-7-11)14(5)10-13(2,3)4/h11-12H,6-10H2,1-5H3. The van der Waals surface area contributed by atoms with Crippen molar-refractivity contribution in [3.63, 3.8) is 0 Å². The van der Waals surface area contributed by atoms with Crippen LogP contribution in [0.5, 0.6) is 0 Å². The smallest absolute Gasteiger partial charge is 0.00926 e. The van der Waals surface area contributed by atoms with Gasteiger partial charge < -0.3 is 4.90 Å². The monoisotopic (exact) mass is 197 g/mol. The summed E-state index contributed by atoms with van der Waals surface area (Å²) in [7, 11) is 2.30. The summed E-state index contributed by atoms with van der Waals surface area (Å²) in [6, 6.07) is 0.852. The molecule has 14 heavy (non-hydrogen) atoms. The van der Waals surface area contributed by atoms with E-state index in [-0.39, 0.29) is 0 Å². The Bertz CT molecular complexity index is 161. The molecule has 0 atom stereocenters. The third-order valence-corrected chi connectivity index (χ3v) is 3.33. The van der Waals surface area contributed by atoms with Gasteiger partial charge in [0.15, 0.2) is 0 Å². The fourth-order valence-corrected chi connectivity index (χ4v) is 2.56. The van der Waals surface area contributed by atoms with Gasteiger partial charge in [-0.05, 0) is 44.1 Å². The van der Waals surface area contributed by atoms with Crippen LogP contribution in [0.2, 0.25) is 0 Å². The van der Waals surface area contributed by atoms with Crippen molar-refractivity contribution in [3.8, 4) is 0 Å². The fraction of sp³-hybridized carbons (Fsp3) is 1.00. The second kappa shape index (κ2) is 4.65. The molecule has 0 unspecified atom stereocenters. The van der Waals surface area contributed by atoms with E-state index in [1.807, 2.05) is 0 Å². The molecule has 0 heterocycles. The van der Waals surface area contributed by atoms with Gasteiger partial charge in [-0.15, -0.1) is 0 Å². The normalized spacial score (nSPS) is 29.6. The minimum atomic E-state index is 0.442. The second-order valence-electron chi connectivity index (χ2n) is 6.39. The van der Waals surface area contributed by atoms with Crippen LogP contribution >= 0.6 is 0 Å². The highest BCUT2D eigenvalue weighted by atomic mass is 15.1. The molecule has 0 aromatic rings. The van der Waals surface area contributed by atoms with Gasteiger partial charge >= 0.3 is 0 Å². The summed E-state index contributed by atoms with van der Waals surface area (Å²) in [4.78, 5) is 2.58. The molecular weight excluding hydrogens is 170 g/mol. The van der Waals surface area contributed by atoms with Crippen LogP contribution in [0.4, 0.5) is 0 Å². The van der Waals surface area contributed by atoms with Gasteiger partial charge in [0.2, 0.25) is 0 Å². The summed E-state index contributed by atoms with van der Waals surface area (Å²) in [5.41, 5.74) is 0.442. The van der Waals surface area contributed by atoms with E-state index in [0.29, 0.717) is 5.41 Å². The molecule has 0 spiro atoms. The topological polar surface area (TPSA) is 3.24 Å². The van der Waals surface area contributed by atoms with Crippen molar-refractivity contribution in [3.05, 3.63) is 0 Å². The molecule has 0 aliphatic heterocycles. The summed E-state index contributed by atoms with van der Waals surface area (Å²) in [5.74, 6) is 0.967. The first-order chi connectivity index (χ1) is 6.38. The first kappa shape index (κ1) is 12.0. The zero-order chi connectivity index (χ0) is 10.8. The maximum absolute atomic E-state index is 2.58. The van der Waals surface area contributed by atoms with Crippen molar-refractivity contribution in [2.24, 2.45) is 11.3 Å². The molecule has 0 aromatic carbocycles. The van der Waals surface area contributed by atoms with Gasteiger partial charge in [0.1, 0.15) is 0 Å². The molecule has 1 aliphatic rings. The van der Waals surface area contributed by atoms with Crippen LogP contribution in [0, 0.1) is 11.3 Å². The molecule has 0 aromatic heterocycles. The van der Waals surface area contributed by atoms with Crippen molar-refractivity contribution >= 4 is 0 Å². The number of hydrogen-bond donors (Lipinski definition) is 0. The van der Waals surface area contributed by atoms with Crippen LogP contribution in [-0.4, -0.2) is 24.5 Å². The Morgan fingerprint density at radius 3 is 2.00 bits per heavy atom. The Kier molecular flexibility index (Phi) is 4.00. The van der Waals surface area contributed by atoms with Crippen molar-refractivity contribution in [2.75, 3.05) is 13.6 Å². The molecule has 84 valence electrons. The van der Waals surface area contributed by atoms with Gasteiger partial charge in [-0.25, -0.2) is 0 Å². The predicted molar refractivity (Wildman–Crippen MR) is 63.5 cm³/mol. The Morgan fingerprint density at radius 1 is 1.07 bits per heavy atom. The summed E-state index contributed by atoms with van der Waals surface area (Å²) in [6.45, 7) is 10.6. The summed E-state index contributed by atoms with van der Waals surface area (Å²) in [6.07, 6.45) is 5.68. The van der Waals surface area contributed by atoms with Crippen molar-refractivity contribution in [1.29, 1.82) is 0 Å². The van der Waals surface area contributed by atoms with Gasteiger partial charge in [-0.1, -0.05) is 27.7 Å². The molecule has 0 N–H and O–H groups in total. The van der Waals surface area contributed by atoms with Gasteiger partial charge in [-0.2, -0.15) is 0 Å². The van der Waals surface area contributed by atoms with Gasteiger partial charge in [0, 0.05) is 12.6 Å². The molecule has 1 aliphatic carbocycles. The van der Waals surface area contributed by atoms with E-state index in [0.717, 1.165) is 12.0 Å². The lowest BCUT2D eigenvalue weighted by atomic mass is 9.85. The SMILES string of the molecule is CC1CCC(N(C)CC(C)(C)C)CC1. The third-order valence-electron chi connectivity index (χ3n) is 3.33. The lowest BCUT2D eigenvalue weighted by molar-refractivity contribution is 0.128. The molecular formula is C13H27N. The average Bonchev–Trinajstić information content (AvgIpc) is 2.02. The van der Waals surface area contributed by atoms with E-state index < -0.39 is 0 Å². The van der Waals surface area contributed by atoms with Crippen LogP contribution in [-0.2, 0) is 0 Å². The first-order valence-electron chi connectivity index (χ1n) is 6.09. The largest absolute Gasteiger partial charge is 0.303 e.